The van der Waals surface area contributed by atoms with Crippen LogP contribution in [0, 0.1) is 6.92 Å². The summed E-state index contributed by atoms with van der Waals surface area (Å²) in [5.74, 6) is 0.824. The monoisotopic (exact) mass is 326 g/mol. The van der Waals surface area contributed by atoms with E-state index in [0.717, 1.165) is 11.3 Å². The second-order valence-electron chi connectivity index (χ2n) is 6.22. The van der Waals surface area contributed by atoms with Crippen molar-refractivity contribution in [3.63, 3.8) is 0 Å². The molecule has 0 saturated heterocycles. The molecule has 0 fully saturated rings. The maximum atomic E-state index is 12.2. The summed E-state index contributed by atoms with van der Waals surface area (Å²) >= 11 is 0. The second-order valence-corrected chi connectivity index (χ2v) is 6.22. The van der Waals surface area contributed by atoms with Crippen molar-refractivity contribution in [2.45, 2.75) is 19.4 Å². The highest BCUT2D eigenvalue weighted by Crippen LogP contribution is 2.18. The molecule has 24 heavy (non-hydrogen) atoms. The van der Waals surface area contributed by atoms with Gasteiger partial charge in [-0.25, -0.2) is 0 Å². The van der Waals surface area contributed by atoms with E-state index in [-0.39, 0.29) is 11.9 Å². The Morgan fingerprint density at radius 3 is 2.25 bits per heavy atom. The number of ether oxygens (including phenoxy) is 1. The molecule has 1 amide bonds. The van der Waals surface area contributed by atoms with Crippen molar-refractivity contribution < 1.29 is 9.53 Å². The summed E-state index contributed by atoms with van der Waals surface area (Å²) in [4.78, 5) is 14.3. The quantitative estimate of drug-likeness (QED) is 0.850. The number of hydrogen-bond acceptors (Lipinski definition) is 3. The molecule has 128 valence electrons. The summed E-state index contributed by atoms with van der Waals surface area (Å²) in [5, 5.41) is 3.04. The van der Waals surface area contributed by atoms with E-state index in [9.17, 15) is 4.79 Å². The number of amides is 1. The summed E-state index contributed by atoms with van der Waals surface area (Å²) in [6.07, 6.45) is 0.373. The lowest BCUT2D eigenvalue weighted by atomic mass is 10.0. The Balaban J connectivity index is 1.93. The van der Waals surface area contributed by atoms with Crippen LogP contribution in [0.1, 0.15) is 22.7 Å². The Bertz CT molecular complexity index is 648. The molecular formula is C20H26N2O2. The van der Waals surface area contributed by atoms with Crippen molar-refractivity contribution in [1.29, 1.82) is 0 Å². The summed E-state index contributed by atoms with van der Waals surface area (Å²) in [7, 11) is 5.69. The molecule has 0 spiro atoms. The number of nitrogens with one attached hydrogen (secondary N) is 1. The van der Waals surface area contributed by atoms with Crippen LogP contribution in [0.3, 0.4) is 0 Å². The molecule has 0 aliphatic heterocycles. The highest BCUT2D eigenvalue weighted by molar-refractivity contribution is 5.78. The first-order chi connectivity index (χ1) is 11.5. The van der Waals surface area contributed by atoms with Crippen molar-refractivity contribution in [3.8, 4) is 5.75 Å². The van der Waals surface area contributed by atoms with E-state index in [1.807, 2.05) is 38.4 Å². The third-order valence-corrected chi connectivity index (χ3v) is 4.10. The number of likely N-dealkylation sites (N-methyl/N-ethyl adjacent to an activating group) is 1. The van der Waals surface area contributed by atoms with Crippen molar-refractivity contribution in [2.24, 2.45) is 0 Å². The molecular weight excluding hydrogens is 300 g/mol. The first kappa shape index (κ1) is 18.0. The van der Waals surface area contributed by atoms with Gasteiger partial charge in [-0.3, -0.25) is 4.79 Å². The lowest BCUT2D eigenvalue weighted by Crippen LogP contribution is -2.35. The fourth-order valence-electron chi connectivity index (χ4n) is 2.59. The maximum Gasteiger partial charge on any atom is 0.224 e. The van der Waals surface area contributed by atoms with Crippen LogP contribution < -0.4 is 10.1 Å². The molecule has 0 aromatic heterocycles. The average molecular weight is 326 g/mol. The molecule has 0 saturated carbocycles. The van der Waals surface area contributed by atoms with Crippen LogP contribution in [-0.2, 0) is 11.2 Å². The van der Waals surface area contributed by atoms with Gasteiger partial charge >= 0.3 is 0 Å². The Hall–Kier alpha value is -2.33. The zero-order valence-corrected chi connectivity index (χ0v) is 14.9. The van der Waals surface area contributed by atoms with E-state index in [2.05, 4.69) is 41.4 Å². The molecule has 1 N–H and O–H groups in total. The van der Waals surface area contributed by atoms with Gasteiger partial charge in [0.15, 0.2) is 0 Å². The summed E-state index contributed by atoms with van der Waals surface area (Å²) < 4.78 is 5.13. The van der Waals surface area contributed by atoms with Gasteiger partial charge in [0.25, 0.3) is 0 Å². The third kappa shape index (κ3) is 5.10. The molecule has 0 aliphatic carbocycles. The molecule has 2 aromatic rings. The van der Waals surface area contributed by atoms with Gasteiger partial charge in [-0.05, 0) is 44.3 Å². The van der Waals surface area contributed by atoms with E-state index < -0.39 is 0 Å². The van der Waals surface area contributed by atoms with Gasteiger partial charge in [0.05, 0.1) is 19.6 Å². The van der Waals surface area contributed by atoms with Gasteiger partial charge in [0.2, 0.25) is 5.91 Å². The zero-order valence-electron chi connectivity index (χ0n) is 14.9. The smallest absolute Gasteiger partial charge is 0.224 e. The summed E-state index contributed by atoms with van der Waals surface area (Å²) in [6, 6.07) is 16.2. The Labute approximate surface area is 144 Å². The Morgan fingerprint density at radius 1 is 1.08 bits per heavy atom. The number of benzene rings is 2. The van der Waals surface area contributed by atoms with Gasteiger partial charge in [-0.2, -0.15) is 0 Å². The molecule has 4 nitrogen and oxygen atoms in total. The molecule has 0 heterocycles. The van der Waals surface area contributed by atoms with E-state index in [1.165, 1.54) is 11.1 Å². The van der Waals surface area contributed by atoms with Gasteiger partial charge in [0.1, 0.15) is 5.75 Å². The first-order valence-corrected chi connectivity index (χ1v) is 8.12. The minimum absolute atomic E-state index is 0.0270. The average Bonchev–Trinajstić information content (AvgIpc) is 2.57. The van der Waals surface area contributed by atoms with Crippen LogP contribution in [0.5, 0.6) is 5.75 Å². The van der Waals surface area contributed by atoms with Gasteiger partial charge < -0.3 is 15.0 Å². The fraction of sp³-hybridized carbons (Fsp3) is 0.350. The number of hydrogen-bond donors (Lipinski definition) is 1. The SMILES string of the molecule is COc1ccc(CC(=O)NCC(c2ccc(C)cc2)N(C)C)cc1. The molecule has 4 heteroatoms. The molecule has 1 atom stereocenters. The molecule has 1 unspecified atom stereocenters. The van der Waals surface area contributed by atoms with Crippen LogP contribution >= 0.6 is 0 Å². The van der Waals surface area contributed by atoms with Crippen LogP contribution in [0.25, 0.3) is 0 Å². The zero-order chi connectivity index (χ0) is 17.5. The second kappa shape index (κ2) is 8.50. The van der Waals surface area contributed by atoms with Gasteiger partial charge in [0, 0.05) is 6.54 Å². The lowest BCUT2D eigenvalue weighted by Gasteiger charge is -2.25. The van der Waals surface area contributed by atoms with Crippen LogP contribution in [0.2, 0.25) is 0 Å². The fourth-order valence-corrected chi connectivity index (χ4v) is 2.59. The van der Waals surface area contributed by atoms with Crippen molar-refractivity contribution in [1.82, 2.24) is 10.2 Å². The summed E-state index contributed by atoms with van der Waals surface area (Å²) in [6.45, 7) is 2.66. The number of aryl methyl sites for hydroxylation is 1. The largest absolute Gasteiger partial charge is 0.497 e. The molecule has 2 rings (SSSR count). The first-order valence-electron chi connectivity index (χ1n) is 8.12. The standard InChI is InChI=1S/C20H26N2O2/c1-15-5-9-17(10-6-15)19(22(2)3)14-21-20(23)13-16-7-11-18(24-4)12-8-16/h5-12,19H,13-14H2,1-4H3,(H,21,23). The van der Waals surface area contributed by atoms with E-state index in [0.29, 0.717) is 13.0 Å². The molecule has 2 aromatic carbocycles. The summed E-state index contributed by atoms with van der Waals surface area (Å²) in [5.41, 5.74) is 3.42. The molecule has 0 aliphatic rings. The van der Waals surface area contributed by atoms with Crippen LogP contribution in [0.4, 0.5) is 0 Å². The molecule has 0 radical (unpaired) electrons. The maximum absolute atomic E-state index is 12.2. The minimum atomic E-state index is 0.0270. The number of carbonyl (C=O) groups is 1. The van der Waals surface area contributed by atoms with Crippen molar-refractivity contribution in [2.75, 3.05) is 27.7 Å². The third-order valence-electron chi connectivity index (χ3n) is 4.10. The van der Waals surface area contributed by atoms with E-state index >= 15 is 0 Å². The minimum Gasteiger partial charge on any atom is -0.497 e. The number of rotatable bonds is 7. The topological polar surface area (TPSA) is 41.6 Å². The predicted molar refractivity (Wildman–Crippen MR) is 97.3 cm³/mol. The molecule has 0 bridgehead atoms. The van der Waals surface area contributed by atoms with Crippen molar-refractivity contribution in [3.05, 3.63) is 65.2 Å². The van der Waals surface area contributed by atoms with Crippen molar-refractivity contribution >= 4 is 5.91 Å². The van der Waals surface area contributed by atoms with E-state index in [1.54, 1.807) is 7.11 Å². The Kier molecular flexibility index (Phi) is 6.38. The van der Waals surface area contributed by atoms with Crippen LogP contribution in [0.15, 0.2) is 48.5 Å². The van der Waals surface area contributed by atoms with Gasteiger partial charge in [-0.1, -0.05) is 42.0 Å². The Morgan fingerprint density at radius 2 is 1.71 bits per heavy atom. The lowest BCUT2D eigenvalue weighted by molar-refractivity contribution is -0.120. The van der Waals surface area contributed by atoms with Gasteiger partial charge in [-0.15, -0.1) is 0 Å². The van der Waals surface area contributed by atoms with Crippen LogP contribution in [-0.4, -0.2) is 38.6 Å². The number of carbonyl (C=O) groups excluding carboxylic acids is 1. The predicted octanol–water partition coefficient (Wildman–Crippen LogP) is 2.97. The normalized spacial score (nSPS) is 12.0. The number of methoxy groups -OCH3 is 1. The highest BCUT2D eigenvalue weighted by atomic mass is 16.5. The van der Waals surface area contributed by atoms with E-state index in [4.69, 9.17) is 4.74 Å². The number of nitrogens with zero attached hydrogens (tertiary/aromatic N) is 1. The highest BCUT2D eigenvalue weighted by Gasteiger charge is 2.15.